The Kier molecular flexibility index (Phi) is 2.70. The van der Waals surface area contributed by atoms with E-state index in [2.05, 4.69) is 9.97 Å². The molecule has 2 aromatic rings. The van der Waals surface area contributed by atoms with E-state index in [1.165, 1.54) is 6.26 Å². The molecule has 5 heteroatoms. The zero-order chi connectivity index (χ0) is 11.7. The van der Waals surface area contributed by atoms with Crippen molar-refractivity contribution >= 4 is 0 Å². The van der Waals surface area contributed by atoms with Crippen LogP contribution in [0.25, 0.3) is 0 Å². The van der Waals surface area contributed by atoms with Gasteiger partial charge in [-0.1, -0.05) is 13.8 Å². The monoisotopic (exact) mass is 222 g/mol. The van der Waals surface area contributed by atoms with Crippen LogP contribution in [0.2, 0.25) is 0 Å². The number of aromatic nitrogens is 2. The highest BCUT2D eigenvalue weighted by Gasteiger charge is 2.21. The predicted octanol–water partition coefficient (Wildman–Crippen LogP) is 1.50. The number of aromatic amines is 2. The van der Waals surface area contributed by atoms with E-state index in [1.54, 1.807) is 12.1 Å². The first-order chi connectivity index (χ1) is 7.59. The molecule has 86 valence electrons. The summed E-state index contributed by atoms with van der Waals surface area (Å²) in [7, 11) is 0. The van der Waals surface area contributed by atoms with Gasteiger partial charge in [-0.15, -0.1) is 0 Å². The van der Waals surface area contributed by atoms with E-state index in [4.69, 9.17) is 4.42 Å². The summed E-state index contributed by atoms with van der Waals surface area (Å²) < 4.78 is 5.11. The molecule has 5 nitrogen and oxygen atoms in total. The van der Waals surface area contributed by atoms with Gasteiger partial charge >= 0.3 is 5.69 Å². The first kappa shape index (κ1) is 10.8. The third-order valence-electron chi connectivity index (χ3n) is 2.45. The summed E-state index contributed by atoms with van der Waals surface area (Å²) in [5, 5.41) is 10.0. The highest BCUT2D eigenvalue weighted by Crippen LogP contribution is 2.25. The number of H-pyrrole nitrogens is 2. The lowest BCUT2D eigenvalue weighted by molar-refractivity contribution is 0.184. The van der Waals surface area contributed by atoms with Crippen molar-refractivity contribution in [1.29, 1.82) is 0 Å². The van der Waals surface area contributed by atoms with Crippen molar-refractivity contribution in [2.45, 2.75) is 25.9 Å². The normalized spacial score (nSPS) is 13.2. The van der Waals surface area contributed by atoms with Crippen LogP contribution >= 0.6 is 0 Å². The molecule has 0 radical (unpaired) electrons. The average Bonchev–Trinajstić information content (AvgIpc) is 2.84. The van der Waals surface area contributed by atoms with Crippen LogP contribution in [0.4, 0.5) is 0 Å². The van der Waals surface area contributed by atoms with E-state index in [0.29, 0.717) is 17.1 Å². The van der Waals surface area contributed by atoms with Crippen LogP contribution in [0.15, 0.2) is 27.6 Å². The molecule has 0 saturated carbocycles. The van der Waals surface area contributed by atoms with E-state index in [0.717, 1.165) is 0 Å². The molecule has 0 saturated heterocycles. The van der Waals surface area contributed by atoms with E-state index >= 15 is 0 Å². The second kappa shape index (κ2) is 4.02. The molecular formula is C11H14N2O3. The van der Waals surface area contributed by atoms with E-state index in [-0.39, 0.29) is 11.6 Å². The summed E-state index contributed by atoms with van der Waals surface area (Å²) in [6, 6.07) is 3.36. The highest BCUT2D eigenvalue weighted by molar-refractivity contribution is 5.24. The number of hydrogen-bond donors (Lipinski definition) is 3. The SMILES string of the molecule is CC(C)c1[nH]c(=O)[nH]c1C(O)c1ccco1. The minimum Gasteiger partial charge on any atom is -0.466 e. The minimum atomic E-state index is -0.939. The Morgan fingerprint density at radius 2 is 2.00 bits per heavy atom. The maximum atomic E-state index is 11.2. The Labute approximate surface area is 92.1 Å². The van der Waals surface area contributed by atoms with Crippen LogP contribution in [-0.2, 0) is 0 Å². The van der Waals surface area contributed by atoms with Gasteiger partial charge in [0.25, 0.3) is 0 Å². The maximum absolute atomic E-state index is 11.2. The van der Waals surface area contributed by atoms with Crippen molar-refractivity contribution in [2.75, 3.05) is 0 Å². The Balaban J connectivity index is 2.44. The van der Waals surface area contributed by atoms with Gasteiger partial charge in [0.2, 0.25) is 0 Å². The smallest absolute Gasteiger partial charge is 0.323 e. The summed E-state index contributed by atoms with van der Waals surface area (Å²) in [4.78, 5) is 16.5. The molecular weight excluding hydrogens is 208 g/mol. The molecule has 0 aromatic carbocycles. The molecule has 0 amide bonds. The molecule has 0 bridgehead atoms. The molecule has 2 aromatic heterocycles. The van der Waals surface area contributed by atoms with Gasteiger partial charge < -0.3 is 19.5 Å². The Bertz CT molecular complexity index is 508. The van der Waals surface area contributed by atoms with Gasteiger partial charge in [-0.2, -0.15) is 0 Å². The van der Waals surface area contributed by atoms with E-state index in [9.17, 15) is 9.90 Å². The standard InChI is InChI=1S/C11H14N2O3/c1-6(2)8-9(13-11(15)12-8)10(14)7-4-3-5-16-7/h3-6,10,14H,1-2H3,(H2,12,13,15). The van der Waals surface area contributed by atoms with Crippen molar-refractivity contribution in [3.63, 3.8) is 0 Å². The number of aliphatic hydroxyl groups excluding tert-OH is 1. The van der Waals surface area contributed by atoms with Crippen molar-refractivity contribution in [2.24, 2.45) is 0 Å². The number of rotatable bonds is 3. The fourth-order valence-corrected chi connectivity index (χ4v) is 1.67. The van der Waals surface area contributed by atoms with Crippen LogP contribution in [0, 0.1) is 0 Å². The summed E-state index contributed by atoms with van der Waals surface area (Å²) in [6.45, 7) is 3.88. The molecule has 16 heavy (non-hydrogen) atoms. The lowest BCUT2D eigenvalue weighted by atomic mass is 10.0. The number of hydrogen-bond acceptors (Lipinski definition) is 3. The minimum absolute atomic E-state index is 0.124. The first-order valence-corrected chi connectivity index (χ1v) is 5.13. The first-order valence-electron chi connectivity index (χ1n) is 5.13. The fourth-order valence-electron chi connectivity index (χ4n) is 1.67. The van der Waals surface area contributed by atoms with Gasteiger partial charge in [0, 0.05) is 5.69 Å². The quantitative estimate of drug-likeness (QED) is 0.736. The largest absolute Gasteiger partial charge is 0.466 e. The number of furan rings is 1. The molecule has 0 aliphatic rings. The number of imidazole rings is 1. The number of aliphatic hydroxyl groups is 1. The zero-order valence-electron chi connectivity index (χ0n) is 9.15. The Hall–Kier alpha value is -1.75. The molecule has 1 unspecified atom stereocenters. The van der Waals surface area contributed by atoms with Crippen LogP contribution in [0.5, 0.6) is 0 Å². The van der Waals surface area contributed by atoms with Crippen LogP contribution < -0.4 is 5.69 Å². The van der Waals surface area contributed by atoms with Crippen LogP contribution in [0.1, 0.15) is 43.0 Å². The summed E-state index contributed by atoms with van der Waals surface area (Å²) in [5.41, 5.74) is 0.855. The molecule has 3 N–H and O–H groups in total. The van der Waals surface area contributed by atoms with Crippen molar-refractivity contribution in [3.8, 4) is 0 Å². The third kappa shape index (κ3) is 1.81. The highest BCUT2D eigenvalue weighted by atomic mass is 16.4. The molecule has 2 heterocycles. The number of nitrogens with one attached hydrogen (secondary N) is 2. The molecule has 0 aliphatic carbocycles. The van der Waals surface area contributed by atoms with Gasteiger partial charge in [0.05, 0.1) is 12.0 Å². The maximum Gasteiger partial charge on any atom is 0.323 e. The lowest BCUT2D eigenvalue weighted by Crippen LogP contribution is -2.05. The van der Waals surface area contributed by atoms with Gasteiger partial charge in [0.1, 0.15) is 5.76 Å². The van der Waals surface area contributed by atoms with Gasteiger partial charge in [-0.05, 0) is 18.1 Å². The topological polar surface area (TPSA) is 82.0 Å². The van der Waals surface area contributed by atoms with Gasteiger partial charge in [-0.3, -0.25) is 0 Å². The third-order valence-corrected chi connectivity index (χ3v) is 2.45. The van der Waals surface area contributed by atoms with E-state index in [1.807, 2.05) is 13.8 Å². The molecule has 0 fully saturated rings. The summed E-state index contributed by atoms with van der Waals surface area (Å²) >= 11 is 0. The fraction of sp³-hybridized carbons (Fsp3) is 0.364. The summed E-state index contributed by atoms with van der Waals surface area (Å²) in [5.74, 6) is 0.538. The zero-order valence-corrected chi connectivity index (χ0v) is 9.15. The molecule has 0 aliphatic heterocycles. The summed E-state index contributed by atoms with van der Waals surface area (Å²) in [6.07, 6.45) is 0.546. The Morgan fingerprint density at radius 1 is 1.31 bits per heavy atom. The lowest BCUT2D eigenvalue weighted by Gasteiger charge is -2.10. The van der Waals surface area contributed by atoms with Crippen molar-refractivity contribution in [1.82, 2.24) is 9.97 Å². The second-order valence-corrected chi connectivity index (χ2v) is 3.98. The van der Waals surface area contributed by atoms with Crippen LogP contribution in [-0.4, -0.2) is 15.1 Å². The van der Waals surface area contributed by atoms with Crippen molar-refractivity contribution < 1.29 is 9.52 Å². The average molecular weight is 222 g/mol. The van der Waals surface area contributed by atoms with Gasteiger partial charge in [0.15, 0.2) is 6.10 Å². The Morgan fingerprint density at radius 3 is 2.56 bits per heavy atom. The molecule has 0 spiro atoms. The van der Waals surface area contributed by atoms with Gasteiger partial charge in [-0.25, -0.2) is 4.79 Å². The van der Waals surface area contributed by atoms with Crippen molar-refractivity contribution in [3.05, 3.63) is 46.0 Å². The van der Waals surface area contributed by atoms with Crippen LogP contribution in [0.3, 0.4) is 0 Å². The predicted molar refractivity (Wildman–Crippen MR) is 58.3 cm³/mol. The second-order valence-electron chi connectivity index (χ2n) is 3.98. The molecule has 2 rings (SSSR count). The van der Waals surface area contributed by atoms with E-state index < -0.39 is 6.10 Å². The molecule has 1 atom stereocenters.